The van der Waals surface area contributed by atoms with E-state index in [1.165, 1.54) is 19.2 Å². The maximum atomic E-state index is 11.5. The molecule has 0 aromatic carbocycles. The van der Waals surface area contributed by atoms with E-state index in [4.69, 9.17) is 4.74 Å². The van der Waals surface area contributed by atoms with E-state index in [1.807, 2.05) is 6.92 Å². The number of aromatic nitrogens is 1. The molecule has 1 saturated heterocycles. The van der Waals surface area contributed by atoms with Crippen molar-refractivity contribution >= 4 is 17.5 Å². The van der Waals surface area contributed by atoms with Crippen LogP contribution < -0.4 is 4.90 Å². The van der Waals surface area contributed by atoms with E-state index >= 15 is 0 Å². The summed E-state index contributed by atoms with van der Waals surface area (Å²) < 4.78 is 9.89. The first-order valence-electron chi connectivity index (χ1n) is 6.12. The number of carbonyl (C=O) groups is 1. The third kappa shape index (κ3) is 2.69. The second-order valence-electron chi connectivity index (χ2n) is 4.41. The van der Waals surface area contributed by atoms with Crippen LogP contribution in [0.2, 0.25) is 0 Å². The molecule has 8 heteroatoms. The zero-order valence-electron chi connectivity index (χ0n) is 11.2. The minimum Gasteiger partial charge on any atom is -0.464 e. The van der Waals surface area contributed by atoms with Crippen molar-refractivity contribution in [3.05, 3.63) is 27.9 Å². The van der Waals surface area contributed by atoms with Crippen LogP contribution in [0.5, 0.6) is 0 Å². The normalized spacial score (nSPS) is 18.7. The largest absolute Gasteiger partial charge is 0.464 e. The Kier molecular flexibility index (Phi) is 4.14. The monoisotopic (exact) mass is 281 g/mol. The zero-order valence-corrected chi connectivity index (χ0v) is 11.2. The summed E-state index contributed by atoms with van der Waals surface area (Å²) in [5.74, 6) is -0.448. The number of methoxy groups -OCH3 is 1. The molecular weight excluding hydrogens is 266 g/mol. The SMILES string of the molecule is COC(=O)c1ccc([N+](=O)[O-])c(N2CCOCC2C)n1. The van der Waals surface area contributed by atoms with Gasteiger partial charge in [-0.2, -0.15) is 0 Å². The molecule has 2 heterocycles. The first kappa shape index (κ1) is 14.2. The van der Waals surface area contributed by atoms with Crippen molar-refractivity contribution in [3.8, 4) is 0 Å². The van der Waals surface area contributed by atoms with E-state index in [1.54, 1.807) is 4.90 Å². The Morgan fingerprint density at radius 1 is 1.60 bits per heavy atom. The summed E-state index contributed by atoms with van der Waals surface area (Å²) in [5.41, 5.74) is -0.0850. The Hall–Kier alpha value is -2.22. The van der Waals surface area contributed by atoms with Crippen LogP contribution in [0.1, 0.15) is 17.4 Å². The second-order valence-corrected chi connectivity index (χ2v) is 4.41. The van der Waals surface area contributed by atoms with Crippen molar-refractivity contribution in [1.82, 2.24) is 4.98 Å². The van der Waals surface area contributed by atoms with Crippen LogP contribution in [0.25, 0.3) is 0 Å². The molecule has 0 amide bonds. The van der Waals surface area contributed by atoms with Crippen LogP contribution in [0.15, 0.2) is 12.1 Å². The van der Waals surface area contributed by atoms with Gasteiger partial charge in [0.1, 0.15) is 0 Å². The van der Waals surface area contributed by atoms with Gasteiger partial charge in [0.05, 0.1) is 31.3 Å². The Morgan fingerprint density at radius 2 is 2.35 bits per heavy atom. The van der Waals surface area contributed by atoms with Crippen LogP contribution in [-0.2, 0) is 9.47 Å². The molecule has 0 saturated carbocycles. The van der Waals surface area contributed by atoms with E-state index in [9.17, 15) is 14.9 Å². The number of morpholine rings is 1. The van der Waals surface area contributed by atoms with E-state index in [0.717, 1.165) is 0 Å². The average Bonchev–Trinajstić information content (AvgIpc) is 2.46. The van der Waals surface area contributed by atoms with Gasteiger partial charge in [-0.25, -0.2) is 9.78 Å². The molecule has 1 aliphatic heterocycles. The summed E-state index contributed by atoms with van der Waals surface area (Å²) >= 11 is 0. The maximum Gasteiger partial charge on any atom is 0.356 e. The fraction of sp³-hybridized carbons (Fsp3) is 0.500. The summed E-state index contributed by atoms with van der Waals surface area (Å²) in [5, 5.41) is 11.1. The Labute approximate surface area is 115 Å². The molecule has 2 rings (SSSR count). The molecule has 0 aliphatic carbocycles. The van der Waals surface area contributed by atoms with Crippen molar-refractivity contribution < 1.29 is 19.2 Å². The van der Waals surface area contributed by atoms with Gasteiger partial charge in [0.25, 0.3) is 0 Å². The molecule has 1 atom stereocenters. The lowest BCUT2D eigenvalue weighted by molar-refractivity contribution is -0.384. The van der Waals surface area contributed by atoms with Gasteiger partial charge in [0.2, 0.25) is 5.82 Å². The van der Waals surface area contributed by atoms with E-state index < -0.39 is 10.9 Å². The highest BCUT2D eigenvalue weighted by Gasteiger charge is 2.28. The lowest BCUT2D eigenvalue weighted by Gasteiger charge is -2.33. The molecule has 1 aromatic rings. The maximum absolute atomic E-state index is 11.5. The Morgan fingerprint density at radius 3 is 2.95 bits per heavy atom. The van der Waals surface area contributed by atoms with Crippen molar-refractivity contribution in [3.63, 3.8) is 0 Å². The summed E-state index contributed by atoms with van der Waals surface area (Å²) in [6.45, 7) is 3.29. The van der Waals surface area contributed by atoms with Crippen molar-refractivity contribution in [2.45, 2.75) is 13.0 Å². The fourth-order valence-electron chi connectivity index (χ4n) is 2.05. The van der Waals surface area contributed by atoms with Gasteiger partial charge in [-0.1, -0.05) is 0 Å². The number of nitrogens with zero attached hydrogens (tertiary/aromatic N) is 3. The predicted octanol–water partition coefficient (Wildman–Crippen LogP) is 1.00. The van der Waals surface area contributed by atoms with Gasteiger partial charge in [-0.3, -0.25) is 10.1 Å². The molecule has 20 heavy (non-hydrogen) atoms. The Bertz CT molecular complexity index is 534. The van der Waals surface area contributed by atoms with Crippen LogP contribution >= 0.6 is 0 Å². The smallest absolute Gasteiger partial charge is 0.356 e. The predicted molar refractivity (Wildman–Crippen MR) is 69.9 cm³/mol. The van der Waals surface area contributed by atoms with Gasteiger partial charge < -0.3 is 14.4 Å². The van der Waals surface area contributed by atoms with E-state index in [0.29, 0.717) is 19.8 Å². The summed E-state index contributed by atoms with van der Waals surface area (Å²) in [6, 6.07) is 2.51. The van der Waals surface area contributed by atoms with Crippen LogP contribution in [0.3, 0.4) is 0 Å². The molecule has 1 aliphatic rings. The molecule has 8 nitrogen and oxygen atoms in total. The highest BCUT2D eigenvalue weighted by molar-refractivity contribution is 5.88. The number of hydrogen-bond acceptors (Lipinski definition) is 7. The van der Waals surface area contributed by atoms with Gasteiger partial charge in [0, 0.05) is 12.6 Å². The third-order valence-corrected chi connectivity index (χ3v) is 3.09. The average molecular weight is 281 g/mol. The fourth-order valence-corrected chi connectivity index (χ4v) is 2.05. The molecule has 0 radical (unpaired) electrons. The van der Waals surface area contributed by atoms with Crippen molar-refractivity contribution in [1.29, 1.82) is 0 Å². The molecule has 1 aromatic heterocycles. The minimum absolute atomic E-state index is 0.0480. The summed E-state index contributed by atoms with van der Waals surface area (Å²) in [6.07, 6.45) is 0. The molecule has 0 bridgehead atoms. The topological polar surface area (TPSA) is 94.8 Å². The number of esters is 1. The number of anilines is 1. The van der Waals surface area contributed by atoms with Crippen LogP contribution in [-0.4, -0.2) is 48.8 Å². The van der Waals surface area contributed by atoms with E-state index in [-0.39, 0.29) is 23.2 Å². The van der Waals surface area contributed by atoms with Crippen LogP contribution in [0, 0.1) is 10.1 Å². The summed E-state index contributed by atoms with van der Waals surface area (Å²) in [4.78, 5) is 28.0. The summed E-state index contributed by atoms with van der Waals surface area (Å²) in [7, 11) is 1.24. The van der Waals surface area contributed by atoms with Gasteiger partial charge >= 0.3 is 11.7 Å². The number of carbonyl (C=O) groups excluding carboxylic acids is 1. The molecule has 0 N–H and O–H groups in total. The van der Waals surface area contributed by atoms with Gasteiger partial charge in [-0.05, 0) is 13.0 Å². The number of rotatable bonds is 3. The third-order valence-electron chi connectivity index (χ3n) is 3.09. The molecule has 1 unspecified atom stereocenters. The Balaban J connectivity index is 2.46. The minimum atomic E-state index is -0.623. The quantitative estimate of drug-likeness (QED) is 0.463. The van der Waals surface area contributed by atoms with E-state index in [2.05, 4.69) is 9.72 Å². The highest BCUT2D eigenvalue weighted by atomic mass is 16.6. The first-order chi connectivity index (χ1) is 9.54. The number of hydrogen-bond donors (Lipinski definition) is 0. The molecule has 0 spiro atoms. The number of pyridine rings is 1. The number of nitro groups is 1. The first-order valence-corrected chi connectivity index (χ1v) is 6.12. The van der Waals surface area contributed by atoms with Crippen LogP contribution in [0.4, 0.5) is 11.5 Å². The lowest BCUT2D eigenvalue weighted by Crippen LogP contribution is -2.44. The number of ether oxygens (including phenoxy) is 2. The molecular formula is C12H15N3O5. The molecule has 1 fully saturated rings. The van der Waals surface area contributed by atoms with Crippen molar-refractivity contribution in [2.75, 3.05) is 31.8 Å². The lowest BCUT2D eigenvalue weighted by atomic mass is 10.2. The zero-order chi connectivity index (χ0) is 14.7. The highest BCUT2D eigenvalue weighted by Crippen LogP contribution is 2.28. The van der Waals surface area contributed by atoms with Crippen molar-refractivity contribution in [2.24, 2.45) is 0 Å². The second kappa shape index (κ2) is 5.83. The van der Waals surface area contributed by atoms with Gasteiger partial charge in [-0.15, -0.1) is 0 Å². The standard InChI is InChI=1S/C12H15N3O5/c1-8-7-20-6-5-14(8)11-10(15(17)18)4-3-9(13-11)12(16)19-2/h3-4,8H,5-7H2,1-2H3. The van der Waals surface area contributed by atoms with Gasteiger partial charge in [0.15, 0.2) is 5.69 Å². The molecule has 108 valence electrons.